The molecule has 0 fully saturated rings. The maximum Gasteiger partial charge on any atom is 0.136 e. The van der Waals surface area contributed by atoms with E-state index in [1.165, 1.54) is 55.6 Å². The van der Waals surface area contributed by atoms with Crippen LogP contribution >= 0.6 is 0 Å². The summed E-state index contributed by atoms with van der Waals surface area (Å²) in [6.45, 7) is 4.77. The molecule has 12 rings (SSSR count). The average molecular weight is 768 g/mol. The van der Waals surface area contributed by atoms with Crippen molar-refractivity contribution >= 4 is 39.0 Å². The van der Waals surface area contributed by atoms with Gasteiger partial charge < -0.3 is 9.32 Å². The van der Waals surface area contributed by atoms with E-state index in [2.05, 4.69) is 225 Å². The standard InChI is InChI=1S/C58H41NO/c1-57(39-18-5-3-6-19-39)50-27-12-9-23-45(50)48-36-42(31-33-52(48)57)59(41-22-15-17-38(35-41)44-26-16-30-55-56(44)47-25-11-14-29-54(47)60-55)43-32-34-53-49(37-43)46-24-10-13-28-51(46)58(53,2)40-20-7-4-8-21-40/h3-37H,1-2H3. The number of hydrogen-bond acceptors (Lipinski definition) is 2. The first kappa shape index (κ1) is 34.6. The molecule has 284 valence electrons. The van der Waals surface area contributed by atoms with Gasteiger partial charge in [0.15, 0.2) is 0 Å². The summed E-state index contributed by atoms with van der Waals surface area (Å²) in [5, 5.41) is 2.27. The molecule has 0 saturated heterocycles. The van der Waals surface area contributed by atoms with Crippen LogP contribution in [0, 0.1) is 0 Å². The first-order valence-corrected chi connectivity index (χ1v) is 20.9. The fourth-order valence-electron chi connectivity index (χ4n) is 10.7. The molecule has 0 aliphatic heterocycles. The van der Waals surface area contributed by atoms with Crippen molar-refractivity contribution in [2.24, 2.45) is 0 Å². The van der Waals surface area contributed by atoms with Gasteiger partial charge in [0.05, 0.1) is 0 Å². The summed E-state index contributed by atoms with van der Waals surface area (Å²) in [4.78, 5) is 2.46. The van der Waals surface area contributed by atoms with Crippen LogP contribution in [0.3, 0.4) is 0 Å². The fraction of sp³-hybridized carbons (Fsp3) is 0.0690. The van der Waals surface area contributed by atoms with Crippen LogP contribution < -0.4 is 4.90 Å². The molecule has 0 radical (unpaired) electrons. The molecule has 2 aliphatic carbocycles. The van der Waals surface area contributed by atoms with E-state index in [0.29, 0.717) is 0 Å². The summed E-state index contributed by atoms with van der Waals surface area (Å²) in [5.74, 6) is 0. The van der Waals surface area contributed by atoms with E-state index in [1.807, 2.05) is 6.07 Å². The molecule has 2 unspecified atom stereocenters. The molecule has 0 spiro atoms. The van der Waals surface area contributed by atoms with Crippen molar-refractivity contribution in [1.82, 2.24) is 0 Å². The average Bonchev–Trinajstić information content (AvgIpc) is 3.91. The third kappa shape index (κ3) is 4.88. The van der Waals surface area contributed by atoms with Crippen LogP contribution in [0.15, 0.2) is 217 Å². The number of benzene rings is 9. The minimum absolute atomic E-state index is 0.276. The smallest absolute Gasteiger partial charge is 0.136 e. The number of rotatable bonds is 6. The van der Waals surface area contributed by atoms with Crippen LogP contribution in [0.1, 0.15) is 47.2 Å². The van der Waals surface area contributed by atoms with Crippen LogP contribution in [0.5, 0.6) is 0 Å². The van der Waals surface area contributed by atoms with Gasteiger partial charge in [0, 0.05) is 38.7 Å². The number of nitrogens with zero attached hydrogens (tertiary/aromatic N) is 1. The zero-order valence-electron chi connectivity index (χ0n) is 33.6. The van der Waals surface area contributed by atoms with E-state index in [9.17, 15) is 0 Å². The monoisotopic (exact) mass is 767 g/mol. The molecule has 0 bridgehead atoms. The number of para-hydroxylation sites is 1. The van der Waals surface area contributed by atoms with Gasteiger partial charge >= 0.3 is 0 Å². The third-order valence-electron chi connectivity index (χ3n) is 13.6. The zero-order valence-corrected chi connectivity index (χ0v) is 33.6. The van der Waals surface area contributed by atoms with Gasteiger partial charge in [-0.15, -0.1) is 0 Å². The van der Waals surface area contributed by atoms with E-state index in [4.69, 9.17) is 4.42 Å². The maximum atomic E-state index is 6.36. The van der Waals surface area contributed by atoms with Crippen LogP contribution in [0.4, 0.5) is 17.1 Å². The summed E-state index contributed by atoms with van der Waals surface area (Å²) >= 11 is 0. The molecule has 60 heavy (non-hydrogen) atoms. The lowest BCUT2D eigenvalue weighted by Crippen LogP contribution is -2.22. The minimum Gasteiger partial charge on any atom is -0.456 e. The van der Waals surface area contributed by atoms with Gasteiger partial charge in [-0.25, -0.2) is 0 Å². The van der Waals surface area contributed by atoms with Crippen molar-refractivity contribution in [3.63, 3.8) is 0 Å². The Morgan fingerprint density at radius 2 is 0.817 bits per heavy atom. The van der Waals surface area contributed by atoms with Gasteiger partial charge in [-0.1, -0.05) is 164 Å². The van der Waals surface area contributed by atoms with Gasteiger partial charge in [-0.2, -0.15) is 0 Å². The summed E-state index contributed by atoms with van der Waals surface area (Å²) in [7, 11) is 0. The Labute approximate surface area is 350 Å². The largest absolute Gasteiger partial charge is 0.456 e. The van der Waals surface area contributed by atoms with Crippen molar-refractivity contribution in [3.05, 3.63) is 246 Å². The molecule has 2 aliphatic rings. The number of fused-ring (bicyclic) bond motifs is 9. The molecule has 1 heterocycles. The molecule has 2 heteroatoms. The normalized spacial score (nSPS) is 17.3. The summed E-state index contributed by atoms with van der Waals surface area (Å²) in [6, 6.07) is 77.9. The minimum atomic E-state index is -0.276. The Morgan fingerprint density at radius 1 is 0.350 bits per heavy atom. The van der Waals surface area contributed by atoms with Crippen LogP contribution in [0.2, 0.25) is 0 Å². The van der Waals surface area contributed by atoms with Crippen LogP contribution in [-0.2, 0) is 10.8 Å². The Balaban J connectivity index is 1.08. The van der Waals surface area contributed by atoms with Gasteiger partial charge in [0.1, 0.15) is 11.2 Å². The number of furan rings is 1. The topological polar surface area (TPSA) is 16.4 Å². The summed E-state index contributed by atoms with van der Waals surface area (Å²) < 4.78 is 6.36. The molecule has 1 aromatic heterocycles. The SMILES string of the molecule is CC1(c2ccccc2)c2ccccc2-c2cc(N(c3cccc(-c4cccc5oc6ccccc6c45)c3)c3ccc4c(c3)-c3ccccc3C4(C)c3ccccc3)ccc21. The van der Waals surface area contributed by atoms with Crippen molar-refractivity contribution in [2.45, 2.75) is 24.7 Å². The molecule has 2 nitrogen and oxygen atoms in total. The zero-order chi connectivity index (χ0) is 40.0. The molecular weight excluding hydrogens is 727 g/mol. The summed E-state index contributed by atoms with van der Waals surface area (Å²) in [5.41, 5.74) is 19.9. The van der Waals surface area contributed by atoms with Crippen LogP contribution in [0.25, 0.3) is 55.3 Å². The van der Waals surface area contributed by atoms with Gasteiger partial charge in [-0.05, 0) is 129 Å². The molecule has 9 aromatic carbocycles. The lowest BCUT2D eigenvalue weighted by molar-refractivity contribution is 0.669. The Hall–Kier alpha value is -7.42. The molecule has 0 N–H and O–H groups in total. The lowest BCUT2D eigenvalue weighted by Gasteiger charge is -2.31. The molecule has 0 saturated carbocycles. The van der Waals surface area contributed by atoms with Gasteiger partial charge in [0.2, 0.25) is 0 Å². The summed E-state index contributed by atoms with van der Waals surface area (Å²) in [6.07, 6.45) is 0. The van der Waals surface area contributed by atoms with Gasteiger partial charge in [-0.3, -0.25) is 0 Å². The van der Waals surface area contributed by atoms with E-state index in [0.717, 1.165) is 50.1 Å². The number of anilines is 3. The molecular formula is C58H41NO. The van der Waals surface area contributed by atoms with E-state index >= 15 is 0 Å². The second-order valence-electron chi connectivity index (χ2n) is 16.7. The lowest BCUT2D eigenvalue weighted by atomic mass is 9.74. The Morgan fingerprint density at radius 3 is 1.43 bits per heavy atom. The molecule has 2 atom stereocenters. The van der Waals surface area contributed by atoms with Crippen molar-refractivity contribution in [2.75, 3.05) is 4.90 Å². The van der Waals surface area contributed by atoms with E-state index in [-0.39, 0.29) is 10.8 Å². The second kappa shape index (κ2) is 13.0. The van der Waals surface area contributed by atoms with Crippen molar-refractivity contribution in [1.29, 1.82) is 0 Å². The predicted octanol–water partition coefficient (Wildman–Crippen LogP) is 15.4. The molecule has 0 amide bonds. The highest BCUT2D eigenvalue weighted by Gasteiger charge is 2.42. The maximum absolute atomic E-state index is 6.36. The highest BCUT2D eigenvalue weighted by Crippen LogP contribution is 2.56. The third-order valence-corrected chi connectivity index (χ3v) is 13.6. The van der Waals surface area contributed by atoms with Crippen molar-refractivity contribution < 1.29 is 4.42 Å². The number of hydrogen-bond donors (Lipinski definition) is 0. The Bertz CT molecular complexity index is 3160. The first-order valence-electron chi connectivity index (χ1n) is 20.9. The van der Waals surface area contributed by atoms with Crippen LogP contribution in [-0.4, -0.2) is 0 Å². The Kier molecular flexibility index (Phi) is 7.52. The highest BCUT2D eigenvalue weighted by atomic mass is 16.3. The predicted molar refractivity (Wildman–Crippen MR) is 249 cm³/mol. The highest BCUT2D eigenvalue weighted by molar-refractivity contribution is 6.12. The van der Waals surface area contributed by atoms with Crippen molar-refractivity contribution in [3.8, 4) is 33.4 Å². The van der Waals surface area contributed by atoms with E-state index in [1.54, 1.807) is 0 Å². The fourth-order valence-corrected chi connectivity index (χ4v) is 10.7. The van der Waals surface area contributed by atoms with E-state index < -0.39 is 0 Å². The first-order chi connectivity index (χ1) is 29.5. The van der Waals surface area contributed by atoms with Gasteiger partial charge in [0.25, 0.3) is 0 Å². The second-order valence-corrected chi connectivity index (χ2v) is 16.7. The quantitative estimate of drug-likeness (QED) is 0.168. The molecule has 10 aromatic rings.